The molecule has 0 aliphatic carbocycles. The van der Waals surface area contributed by atoms with Crippen LogP contribution in [0, 0.1) is 0 Å². The number of pyridine rings is 1. The Morgan fingerprint density at radius 3 is 2.20 bits per heavy atom. The van der Waals surface area contributed by atoms with Crippen molar-refractivity contribution in [3.8, 4) is 17.2 Å². The van der Waals surface area contributed by atoms with Crippen LogP contribution in [-0.2, 0) is 9.47 Å². The van der Waals surface area contributed by atoms with Gasteiger partial charge in [-0.05, 0) is 70.2 Å². The molecule has 1 saturated heterocycles. The van der Waals surface area contributed by atoms with Crippen LogP contribution in [0.3, 0.4) is 0 Å². The average Bonchev–Trinajstić information content (AvgIpc) is 3.33. The molecule has 1 amide bonds. The van der Waals surface area contributed by atoms with Gasteiger partial charge in [0, 0.05) is 32.4 Å². The molecular formula is C30H33N5O5. The predicted octanol–water partition coefficient (Wildman–Crippen LogP) is 5.45. The van der Waals surface area contributed by atoms with E-state index in [1.807, 2.05) is 81.4 Å². The van der Waals surface area contributed by atoms with Crippen molar-refractivity contribution < 1.29 is 23.8 Å². The molecule has 1 aliphatic heterocycles. The Kier molecular flexibility index (Phi) is 7.59. The topological polar surface area (TPSA) is 99.0 Å². The molecule has 0 radical (unpaired) electrons. The minimum absolute atomic E-state index is 0.224. The van der Waals surface area contributed by atoms with Crippen molar-refractivity contribution in [2.24, 2.45) is 0 Å². The van der Waals surface area contributed by atoms with Gasteiger partial charge in [-0.3, -0.25) is 4.98 Å². The number of fused-ring (bicyclic) bond motifs is 1. The van der Waals surface area contributed by atoms with E-state index < -0.39 is 11.6 Å². The largest absolute Gasteiger partial charge is 0.461 e. The summed E-state index contributed by atoms with van der Waals surface area (Å²) in [5.41, 5.74) is 2.25. The van der Waals surface area contributed by atoms with E-state index >= 15 is 0 Å². The van der Waals surface area contributed by atoms with Gasteiger partial charge < -0.3 is 24.0 Å². The molecule has 10 nitrogen and oxygen atoms in total. The Morgan fingerprint density at radius 1 is 0.875 bits per heavy atom. The number of para-hydroxylation sites is 1. The van der Waals surface area contributed by atoms with Gasteiger partial charge in [-0.15, -0.1) is 0 Å². The van der Waals surface area contributed by atoms with E-state index in [4.69, 9.17) is 19.3 Å². The third-order valence-electron chi connectivity index (χ3n) is 6.34. The van der Waals surface area contributed by atoms with Crippen LogP contribution in [0.5, 0.6) is 11.5 Å². The number of nitrogens with zero attached hydrogens (tertiary/aromatic N) is 5. The molecule has 3 heterocycles. The highest BCUT2D eigenvalue weighted by Gasteiger charge is 2.29. The highest BCUT2D eigenvalue weighted by Crippen LogP contribution is 2.31. The standard InChI is InChI=1S/C30H33N5O5/c1-5-38-28(36)27-26-25(32-35(27)21-11-13-23(14-12-21)39-22-9-7-6-8-10-22)24(15-16-31-26)33-17-19-34(20-18-33)29(37)40-30(2,3)4/h6-16H,5,17-20H2,1-4H3. The number of piperazine rings is 1. The summed E-state index contributed by atoms with van der Waals surface area (Å²) < 4.78 is 18.4. The number of benzene rings is 2. The van der Waals surface area contributed by atoms with Gasteiger partial charge in [0.15, 0.2) is 5.69 Å². The minimum atomic E-state index is -0.548. The lowest BCUT2D eigenvalue weighted by molar-refractivity contribution is 0.0240. The number of anilines is 1. The zero-order valence-electron chi connectivity index (χ0n) is 23.2. The number of esters is 1. The molecule has 208 valence electrons. The van der Waals surface area contributed by atoms with Crippen LogP contribution in [0.15, 0.2) is 66.9 Å². The van der Waals surface area contributed by atoms with E-state index in [2.05, 4.69) is 9.88 Å². The Balaban J connectivity index is 1.44. The highest BCUT2D eigenvalue weighted by atomic mass is 16.6. The summed E-state index contributed by atoms with van der Waals surface area (Å²) in [5, 5.41) is 4.84. The van der Waals surface area contributed by atoms with Crippen molar-refractivity contribution in [2.75, 3.05) is 37.7 Å². The number of carbonyl (C=O) groups excluding carboxylic acids is 2. The molecule has 0 atom stereocenters. The lowest BCUT2D eigenvalue weighted by Crippen LogP contribution is -2.50. The second-order valence-electron chi connectivity index (χ2n) is 10.4. The first-order valence-electron chi connectivity index (χ1n) is 13.3. The lowest BCUT2D eigenvalue weighted by atomic mass is 10.2. The predicted molar refractivity (Wildman–Crippen MR) is 151 cm³/mol. The van der Waals surface area contributed by atoms with E-state index in [0.29, 0.717) is 48.6 Å². The summed E-state index contributed by atoms with van der Waals surface area (Å²) in [4.78, 5) is 34.0. The first kappa shape index (κ1) is 27.0. The van der Waals surface area contributed by atoms with Crippen molar-refractivity contribution in [2.45, 2.75) is 33.3 Å². The second-order valence-corrected chi connectivity index (χ2v) is 10.4. The molecular weight excluding hydrogens is 510 g/mol. The quantitative estimate of drug-likeness (QED) is 0.296. The third-order valence-corrected chi connectivity index (χ3v) is 6.34. The van der Waals surface area contributed by atoms with Gasteiger partial charge in [-0.25, -0.2) is 14.3 Å². The zero-order chi connectivity index (χ0) is 28.3. The van der Waals surface area contributed by atoms with Crippen molar-refractivity contribution in [3.05, 3.63) is 72.6 Å². The van der Waals surface area contributed by atoms with Crippen LogP contribution in [0.2, 0.25) is 0 Å². The number of amides is 1. The normalized spacial score (nSPS) is 13.8. The number of aromatic nitrogens is 3. The number of hydrogen-bond acceptors (Lipinski definition) is 8. The van der Waals surface area contributed by atoms with E-state index in [9.17, 15) is 9.59 Å². The Labute approximate surface area is 233 Å². The van der Waals surface area contributed by atoms with Gasteiger partial charge in [0.05, 0.1) is 18.0 Å². The molecule has 5 rings (SSSR count). The molecule has 4 aromatic rings. The highest BCUT2D eigenvalue weighted by molar-refractivity contribution is 6.04. The van der Waals surface area contributed by atoms with Crippen molar-refractivity contribution in [3.63, 3.8) is 0 Å². The fourth-order valence-electron chi connectivity index (χ4n) is 4.53. The molecule has 0 N–H and O–H groups in total. The molecule has 10 heteroatoms. The molecule has 1 aliphatic rings. The maximum atomic E-state index is 13.1. The van der Waals surface area contributed by atoms with Gasteiger partial charge in [0.2, 0.25) is 0 Å². The average molecular weight is 544 g/mol. The molecule has 0 spiro atoms. The summed E-state index contributed by atoms with van der Waals surface area (Å²) in [6, 6.07) is 18.7. The molecule has 0 saturated carbocycles. The first-order chi connectivity index (χ1) is 19.2. The summed E-state index contributed by atoms with van der Waals surface area (Å²) in [6.45, 7) is 9.75. The third kappa shape index (κ3) is 5.85. The summed E-state index contributed by atoms with van der Waals surface area (Å²) in [6.07, 6.45) is 1.35. The van der Waals surface area contributed by atoms with Crippen LogP contribution in [0.25, 0.3) is 16.7 Å². The Bertz CT molecular complexity index is 1490. The van der Waals surface area contributed by atoms with Crippen LogP contribution in [0.4, 0.5) is 10.5 Å². The summed E-state index contributed by atoms with van der Waals surface area (Å²) in [7, 11) is 0. The van der Waals surface area contributed by atoms with E-state index in [-0.39, 0.29) is 18.4 Å². The number of rotatable bonds is 6. The Hall–Kier alpha value is -4.60. The van der Waals surface area contributed by atoms with Gasteiger partial charge in [-0.1, -0.05) is 18.2 Å². The number of ether oxygens (including phenoxy) is 3. The lowest BCUT2D eigenvalue weighted by Gasteiger charge is -2.36. The molecule has 40 heavy (non-hydrogen) atoms. The van der Waals surface area contributed by atoms with Crippen LogP contribution in [-0.4, -0.2) is 70.1 Å². The van der Waals surface area contributed by atoms with E-state index in [1.165, 1.54) is 0 Å². The fraction of sp³-hybridized carbons (Fsp3) is 0.333. The van der Waals surface area contributed by atoms with Crippen molar-refractivity contribution in [1.82, 2.24) is 19.7 Å². The van der Waals surface area contributed by atoms with Gasteiger partial charge in [0.1, 0.15) is 28.1 Å². The van der Waals surface area contributed by atoms with Gasteiger partial charge in [0.25, 0.3) is 0 Å². The maximum Gasteiger partial charge on any atom is 0.410 e. The molecule has 0 unspecified atom stereocenters. The van der Waals surface area contributed by atoms with Gasteiger partial charge in [-0.2, -0.15) is 5.10 Å². The van der Waals surface area contributed by atoms with Crippen LogP contribution >= 0.6 is 0 Å². The maximum absolute atomic E-state index is 13.1. The zero-order valence-corrected chi connectivity index (χ0v) is 23.2. The SMILES string of the molecule is CCOC(=O)c1c2nccc(N3CCN(C(=O)OC(C)(C)C)CC3)c2nn1-c1ccc(Oc2ccccc2)cc1. The summed E-state index contributed by atoms with van der Waals surface area (Å²) >= 11 is 0. The number of carbonyl (C=O) groups is 2. The monoisotopic (exact) mass is 543 g/mol. The smallest absolute Gasteiger partial charge is 0.410 e. The Morgan fingerprint density at radius 2 is 1.55 bits per heavy atom. The molecule has 1 fully saturated rings. The van der Waals surface area contributed by atoms with Gasteiger partial charge >= 0.3 is 12.1 Å². The van der Waals surface area contributed by atoms with Crippen LogP contribution < -0.4 is 9.64 Å². The molecule has 2 aromatic carbocycles. The van der Waals surface area contributed by atoms with Crippen LogP contribution in [0.1, 0.15) is 38.2 Å². The minimum Gasteiger partial charge on any atom is -0.461 e. The van der Waals surface area contributed by atoms with E-state index in [0.717, 1.165) is 11.4 Å². The van der Waals surface area contributed by atoms with Crippen molar-refractivity contribution >= 4 is 28.8 Å². The van der Waals surface area contributed by atoms with E-state index in [1.54, 1.807) is 22.7 Å². The number of hydrogen-bond donors (Lipinski definition) is 0. The molecule has 2 aromatic heterocycles. The summed E-state index contributed by atoms with van der Waals surface area (Å²) in [5.74, 6) is 0.882. The van der Waals surface area contributed by atoms with Crippen molar-refractivity contribution in [1.29, 1.82) is 0 Å². The second kappa shape index (κ2) is 11.3. The molecule has 0 bridgehead atoms. The fourth-order valence-corrected chi connectivity index (χ4v) is 4.53. The first-order valence-corrected chi connectivity index (χ1v) is 13.3.